The van der Waals surface area contributed by atoms with Crippen LogP contribution in [0.25, 0.3) is 11.1 Å². The second-order valence-electron chi connectivity index (χ2n) is 5.32. The fourth-order valence-corrected chi connectivity index (χ4v) is 2.76. The summed E-state index contributed by atoms with van der Waals surface area (Å²) in [7, 11) is 0. The van der Waals surface area contributed by atoms with Crippen molar-refractivity contribution >= 4 is 11.1 Å². The van der Waals surface area contributed by atoms with Crippen molar-refractivity contribution in [1.29, 1.82) is 0 Å². The average molecular weight is 248 g/mol. The van der Waals surface area contributed by atoms with Crippen molar-refractivity contribution in [1.82, 2.24) is 4.98 Å². The summed E-state index contributed by atoms with van der Waals surface area (Å²) in [5.74, 6) is 0.336. The Bertz CT molecular complexity index is 558. The van der Waals surface area contributed by atoms with Gasteiger partial charge in [-0.3, -0.25) is 0 Å². The highest BCUT2D eigenvalue weighted by atomic mass is 19.1. The van der Waals surface area contributed by atoms with Crippen LogP contribution in [0.15, 0.2) is 22.6 Å². The lowest BCUT2D eigenvalue weighted by Crippen LogP contribution is -2.43. The van der Waals surface area contributed by atoms with E-state index in [0.717, 1.165) is 12.8 Å². The molecule has 0 saturated heterocycles. The van der Waals surface area contributed by atoms with Crippen LogP contribution < -0.4 is 5.73 Å². The molecule has 1 aliphatic carbocycles. The molecule has 3 rings (SSSR count). The minimum Gasteiger partial charge on any atom is -0.441 e. The molecule has 0 bridgehead atoms. The van der Waals surface area contributed by atoms with Gasteiger partial charge in [0.05, 0.1) is 0 Å². The van der Waals surface area contributed by atoms with E-state index in [1.165, 1.54) is 31.4 Å². The summed E-state index contributed by atoms with van der Waals surface area (Å²) in [5.41, 5.74) is 7.38. The van der Waals surface area contributed by atoms with Gasteiger partial charge in [0.1, 0.15) is 11.3 Å². The molecule has 3 nitrogen and oxygen atoms in total. The summed E-state index contributed by atoms with van der Waals surface area (Å²) < 4.78 is 18.7. The standard InChI is InChI=1S/C14H17FN2O/c15-10-4-5-12-11(8-10)17-13(18-12)9-14(16)6-2-1-3-7-14/h4-5,8H,1-3,6-7,9,16H2. The van der Waals surface area contributed by atoms with Crippen molar-refractivity contribution in [3.63, 3.8) is 0 Å². The van der Waals surface area contributed by atoms with E-state index in [1.54, 1.807) is 6.07 Å². The van der Waals surface area contributed by atoms with Crippen LogP contribution in [0.4, 0.5) is 4.39 Å². The zero-order valence-electron chi connectivity index (χ0n) is 10.3. The highest BCUT2D eigenvalue weighted by molar-refractivity contribution is 5.72. The normalized spacial score (nSPS) is 19.2. The largest absolute Gasteiger partial charge is 0.441 e. The predicted octanol–water partition coefficient (Wildman–Crippen LogP) is 3.17. The first-order valence-electron chi connectivity index (χ1n) is 6.49. The van der Waals surface area contributed by atoms with E-state index in [2.05, 4.69) is 4.98 Å². The topological polar surface area (TPSA) is 52.0 Å². The van der Waals surface area contributed by atoms with Gasteiger partial charge in [0.25, 0.3) is 0 Å². The average Bonchev–Trinajstić information content (AvgIpc) is 2.70. The molecule has 1 saturated carbocycles. The molecule has 1 fully saturated rings. The molecule has 0 atom stereocenters. The molecule has 96 valence electrons. The first-order valence-corrected chi connectivity index (χ1v) is 6.49. The van der Waals surface area contributed by atoms with Crippen LogP contribution in [0.2, 0.25) is 0 Å². The van der Waals surface area contributed by atoms with Crippen LogP contribution in [-0.2, 0) is 6.42 Å². The second-order valence-corrected chi connectivity index (χ2v) is 5.32. The third-order valence-electron chi connectivity index (χ3n) is 3.75. The SMILES string of the molecule is NC1(Cc2nc3cc(F)ccc3o2)CCCCC1. The van der Waals surface area contributed by atoms with Crippen molar-refractivity contribution in [2.75, 3.05) is 0 Å². The van der Waals surface area contributed by atoms with Crippen LogP contribution in [0.1, 0.15) is 38.0 Å². The van der Waals surface area contributed by atoms with E-state index < -0.39 is 0 Å². The molecule has 0 spiro atoms. The van der Waals surface area contributed by atoms with Crippen LogP contribution in [-0.4, -0.2) is 10.5 Å². The lowest BCUT2D eigenvalue weighted by Gasteiger charge is -2.32. The molecule has 2 aromatic rings. The van der Waals surface area contributed by atoms with Crippen LogP contribution in [0.3, 0.4) is 0 Å². The van der Waals surface area contributed by atoms with Gasteiger partial charge in [0, 0.05) is 18.0 Å². The van der Waals surface area contributed by atoms with E-state index in [0.29, 0.717) is 23.4 Å². The summed E-state index contributed by atoms with van der Waals surface area (Å²) >= 11 is 0. The Kier molecular flexibility index (Phi) is 2.82. The molecule has 0 radical (unpaired) electrons. The maximum absolute atomic E-state index is 13.1. The molecule has 0 unspecified atom stereocenters. The summed E-state index contributed by atoms with van der Waals surface area (Å²) in [4.78, 5) is 4.33. The van der Waals surface area contributed by atoms with Crippen molar-refractivity contribution in [2.45, 2.75) is 44.1 Å². The molecule has 1 aromatic carbocycles. The summed E-state index contributed by atoms with van der Waals surface area (Å²) in [5, 5.41) is 0. The number of aromatic nitrogens is 1. The molecule has 18 heavy (non-hydrogen) atoms. The molecular formula is C14H17FN2O. The Morgan fingerprint density at radius 3 is 2.83 bits per heavy atom. The molecular weight excluding hydrogens is 231 g/mol. The third-order valence-corrected chi connectivity index (χ3v) is 3.75. The Labute approximate surface area is 105 Å². The van der Waals surface area contributed by atoms with E-state index in [-0.39, 0.29) is 11.4 Å². The van der Waals surface area contributed by atoms with E-state index in [4.69, 9.17) is 10.2 Å². The molecule has 4 heteroatoms. The first-order chi connectivity index (χ1) is 8.65. The molecule has 0 aliphatic heterocycles. The number of benzene rings is 1. The zero-order valence-corrected chi connectivity index (χ0v) is 10.3. The van der Waals surface area contributed by atoms with Gasteiger partial charge in [-0.15, -0.1) is 0 Å². The van der Waals surface area contributed by atoms with Crippen LogP contribution in [0, 0.1) is 5.82 Å². The lowest BCUT2D eigenvalue weighted by molar-refractivity contribution is 0.276. The van der Waals surface area contributed by atoms with E-state index in [9.17, 15) is 4.39 Å². The second kappa shape index (κ2) is 4.35. The summed E-state index contributed by atoms with van der Waals surface area (Å²) in [6.45, 7) is 0. The maximum Gasteiger partial charge on any atom is 0.197 e. The molecule has 0 amide bonds. The van der Waals surface area contributed by atoms with Crippen molar-refractivity contribution in [3.8, 4) is 0 Å². The van der Waals surface area contributed by atoms with Gasteiger partial charge in [-0.25, -0.2) is 9.37 Å². The number of fused-ring (bicyclic) bond motifs is 1. The fourth-order valence-electron chi connectivity index (χ4n) is 2.76. The monoisotopic (exact) mass is 248 g/mol. The number of nitrogens with zero attached hydrogens (tertiary/aromatic N) is 1. The third kappa shape index (κ3) is 2.25. The highest BCUT2D eigenvalue weighted by Gasteiger charge is 2.29. The number of hydrogen-bond acceptors (Lipinski definition) is 3. The number of nitrogens with two attached hydrogens (primary N) is 1. The Morgan fingerprint density at radius 1 is 1.28 bits per heavy atom. The van der Waals surface area contributed by atoms with Crippen molar-refractivity contribution in [2.24, 2.45) is 5.73 Å². The Hall–Kier alpha value is -1.42. The maximum atomic E-state index is 13.1. The number of rotatable bonds is 2. The number of halogens is 1. The van der Waals surface area contributed by atoms with Gasteiger partial charge in [0.15, 0.2) is 11.5 Å². The summed E-state index contributed by atoms with van der Waals surface area (Å²) in [6.07, 6.45) is 6.28. The smallest absolute Gasteiger partial charge is 0.197 e. The number of hydrogen-bond donors (Lipinski definition) is 1. The molecule has 2 N–H and O–H groups in total. The molecule has 1 aliphatic rings. The van der Waals surface area contributed by atoms with Crippen molar-refractivity contribution < 1.29 is 8.81 Å². The van der Waals surface area contributed by atoms with Gasteiger partial charge >= 0.3 is 0 Å². The quantitative estimate of drug-likeness (QED) is 0.888. The molecule has 1 heterocycles. The predicted molar refractivity (Wildman–Crippen MR) is 67.7 cm³/mol. The highest BCUT2D eigenvalue weighted by Crippen LogP contribution is 2.29. The Balaban J connectivity index is 1.86. The van der Waals surface area contributed by atoms with Gasteiger partial charge in [-0.1, -0.05) is 19.3 Å². The summed E-state index contributed by atoms with van der Waals surface area (Å²) in [6, 6.07) is 4.40. The lowest BCUT2D eigenvalue weighted by atomic mass is 9.80. The minimum atomic E-state index is -0.289. The first kappa shape index (κ1) is 11.7. The van der Waals surface area contributed by atoms with E-state index >= 15 is 0 Å². The van der Waals surface area contributed by atoms with Gasteiger partial charge in [-0.2, -0.15) is 0 Å². The Morgan fingerprint density at radius 2 is 2.06 bits per heavy atom. The van der Waals surface area contributed by atoms with E-state index in [1.807, 2.05) is 0 Å². The van der Waals surface area contributed by atoms with Crippen LogP contribution in [0.5, 0.6) is 0 Å². The van der Waals surface area contributed by atoms with Gasteiger partial charge in [-0.05, 0) is 25.0 Å². The van der Waals surface area contributed by atoms with Crippen molar-refractivity contribution in [3.05, 3.63) is 29.9 Å². The fraction of sp³-hybridized carbons (Fsp3) is 0.500. The zero-order chi connectivity index (χ0) is 12.6. The van der Waals surface area contributed by atoms with Gasteiger partial charge in [0.2, 0.25) is 0 Å². The minimum absolute atomic E-state index is 0.197. The molecule has 1 aromatic heterocycles. The van der Waals surface area contributed by atoms with Crippen LogP contribution >= 0.6 is 0 Å². The van der Waals surface area contributed by atoms with Gasteiger partial charge < -0.3 is 10.2 Å². The number of oxazole rings is 1.